The van der Waals surface area contributed by atoms with E-state index in [1.165, 1.54) is 19.3 Å². The summed E-state index contributed by atoms with van der Waals surface area (Å²) in [5, 5.41) is 1.51. The van der Waals surface area contributed by atoms with E-state index in [0.29, 0.717) is 11.2 Å². The largest absolute Gasteiger partial charge is 0.329 e. The molecule has 4 heteroatoms. The van der Waals surface area contributed by atoms with Gasteiger partial charge in [0.15, 0.2) is 0 Å². The van der Waals surface area contributed by atoms with Crippen molar-refractivity contribution in [1.29, 1.82) is 0 Å². The Morgan fingerprint density at radius 2 is 2.25 bits per heavy atom. The van der Waals surface area contributed by atoms with Gasteiger partial charge in [-0.2, -0.15) is 0 Å². The fourth-order valence-corrected chi connectivity index (χ4v) is 2.86. The molecule has 1 aliphatic carbocycles. The summed E-state index contributed by atoms with van der Waals surface area (Å²) in [7, 11) is 0. The zero-order chi connectivity index (χ0) is 11.1. The van der Waals surface area contributed by atoms with Gasteiger partial charge in [0.05, 0.1) is 5.39 Å². The monoisotopic (exact) mass is 235 g/mol. The van der Waals surface area contributed by atoms with Crippen molar-refractivity contribution in [3.63, 3.8) is 0 Å². The van der Waals surface area contributed by atoms with Crippen LogP contribution in [-0.4, -0.2) is 14.5 Å². The summed E-state index contributed by atoms with van der Waals surface area (Å²) < 4.78 is 2.26. The second kappa shape index (κ2) is 3.74. The van der Waals surface area contributed by atoms with Crippen molar-refractivity contribution < 1.29 is 0 Å². The number of hydrogen-bond donors (Lipinski definition) is 0. The third-order valence-electron chi connectivity index (χ3n) is 3.52. The number of aromatic nitrogens is 3. The molecule has 0 radical (unpaired) electrons. The van der Waals surface area contributed by atoms with Gasteiger partial charge in [0.1, 0.15) is 17.1 Å². The summed E-state index contributed by atoms with van der Waals surface area (Å²) >= 11 is 6.04. The van der Waals surface area contributed by atoms with Gasteiger partial charge < -0.3 is 4.57 Å². The molecule has 1 aliphatic rings. The summed E-state index contributed by atoms with van der Waals surface area (Å²) in [4.78, 5) is 8.34. The molecule has 3 nitrogen and oxygen atoms in total. The van der Waals surface area contributed by atoms with Crippen molar-refractivity contribution in [3.8, 4) is 0 Å². The number of hydrogen-bond acceptors (Lipinski definition) is 2. The molecule has 0 spiro atoms. The molecule has 0 saturated heterocycles. The maximum Gasteiger partial charge on any atom is 0.145 e. The van der Waals surface area contributed by atoms with Gasteiger partial charge in [0, 0.05) is 12.2 Å². The molecule has 0 aliphatic heterocycles. The highest BCUT2D eigenvalue weighted by Crippen LogP contribution is 2.36. The summed E-state index contributed by atoms with van der Waals surface area (Å²) in [6.07, 6.45) is 7.43. The molecular weight excluding hydrogens is 222 g/mol. The molecule has 2 aromatic rings. The smallest absolute Gasteiger partial charge is 0.145 e. The van der Waals surface area contributed by atoms with E-state index in [4.69, 9.17) is 11.6 Å². The second-order valence-corrected chi connectivity index (χ2v) is 5.05. The van der Waals surface area contributed by atoms with E-state index in [1.807, 2.05) is 6.07 Å². The van der Waals surface area contributed by atoms with Gasteiger partial charge in [0.25, 0.3) is 0 Å². The molecule has 0 bridgehead atoms. The summed E-state index contributed by atoms with van der Waals surface area (Å²) in [5.74, 6) is 0.819. The quantitative estimate of drug-likeness (QED) is 0.709. The summed E-state index contributed by atoms with van der Waals surface area (Å²) in [6.45, 7) is 2.31. The summed E-state index contributed by atoms with van der Waals surface area (Å²) in [6, 6.07) is 2.60. The zero-order valence-corrected chi connectivity index (χ0v) is 9.98. The molecule has 0 unspecified atom stereocenters. The highest BCUT2D eigenvalue weighted by molar-refractivity contribution is 6.33. The molecule has 0 amide bonds. The lowest BCUT2D eigenvalue weighted by Crippen LogP contribution is -2.04. The minimum absolute atomic E-state index is 0.551. The van der Waals surface area contributed by atoms with Gasteiger partial charge in [-0.1, -0.05) is 18.5 Å². The molecule has 84 valence electrons. The predicted octanol–water partition coefficient (Wildman–Crippen LogP) is 3.45. The van der Waals surface area contributed by atoms with Gasteiger partial charge in [-0.15, -0.1) is 0 Å². The topological polar surface area (TPSA) is 30.7 Å². The number of fused-ring (bicyclic) bond motifs is 1. The van der Waals surface area contributed by atoms with Gasteiger partial charge in [-0.25, -0.2) is 9.97 Å². The van der Waals surface area contributed by atoms with E-state index < -0.39 is 0 Å². The van der Waals surface area contributed by atoms with Crippen molar-refractivity contribution in [1.82, 2.24) is 14.5 Å². The lowest BCUT2D eigenvalue weighted by molar-refractivity contribution is 0.504. The van der Waals surface area contributed by atoms with Crippen LogP contribution in [0, 0.1) is 5.92 Å². The Labute approximate surface area is 99.5 Å². The minimum atomic E-state index is 0.551. The highest BCUT2D eigenvalue weighted by Gasteiger charge is 2.24. The number of rotatable bonds is 1. The normalized spacial score (nSPS) is 25.4. The van der Waals surface area contributed by atoms with Crippen molar-refractivity contribution in [3.05, 3.63) is 23.7 Å². The van der Waals surface area contributed by atoms with Gasteiger partial charge in [-0.3, -0.25) is 0 Å². The van der Waals surface area contributed by atoms with Crippen LogP contribution in [0.2, 0.25) is 5.15 Å². The molecule has 1 saturated carbocycles. The Kier molecular flexibility index (Phi) is 2.36. The number of halogens is 1. The average Bonchev–Trinajstić information content (AvgIpc) is 2.84. The fourth-order valence-electron chi connectivity index (χ4n) is 2.66. The Hall–Kier alpha value is -1.09. The highest BCUT2D eigenvalue weighted by atomic mass is 35.5. The zero-order valence-electron chi connectivity index (χ0n) is 9.23. The van der Waals surface area contributed by atoms with Crippen LogP contribution < -0.4 is 0 Å². The predicted molar refractivity (Wildman–Crippen MR) is 64.6 cm³/mol. The van der Waals surface area contributed by atoms with E-state index in [-0.39, 0.29) is 0 Å². The fraction of sp³-hybridized carbons (Fsp3) is 0.500. The van der Waals surface area contributed by atoms with Crippen LogP contribution in [0.3, 0.4) is 0 Å². The molecule has 0 N–H and O–H groups in total. The van der Waals surface area contributed by atoms with Crippen molar-refractivity contribution in [2.24, 2.45) is 5.92 Å². The first kappa shape index (κ1) is 10.1. The Balaban J connectivity index is 2.08. The molecule has 1 fully saturated rings. The molecule has 0 aromatic carbocycles. The van der Waals surface area contributed by atoms with Crippen LogP contribution in [0.5, 0.6) is 0 Å². The first-order chi connectivity index (χ1) is 7.75. The van der Waals surface area contributed by atoms with Crippen LogP contribution in [0.15, 0.2) is 18.6 Å². The van der Waals surface area contributed by atoms with Crippen molar-refractivity contribution in [2.45, 2.75) is 32.2 Å². The summed E-state index contributed by atoms with van der Waals surface area (Å²) in [5.41, 5.74) is 0.971. The standard InChI is InChI=1S/C12H14ClN3/c1-8-2-3-9(6-8)16-5-4-10-11(13)14-7-15-12(10)16/h4-5,7-9H,2-3,6H2,1H3/t8-,9+/m1/s1. The van der Waals surface area contributed by atoms with E-state index in [2.05, 4.69) is 27.7 Å². The molecule has 3 rings (SSSR count). The van der Waals surface area contributed by atoms with Crippen LogP contribution in [0.25, 0.3) is 11.0 Å². The first-order valence-electron chi connectivity index (χ1n) is 5.72. The van der Waals surface area contributed by atoms with Gasteiger partial charge in [0.2, 0.25) is 0 Å². The van der Waals surface area contributed by atoms with Crippen LogP contribution in [-0.2, 0) is 0 Å². The van der Waals surface area contributed by atoms with Crippen LogP contribution in [0.4, 0.5) is 0 Å². The molecule has 2 atom stereocenters. The molecule has 2 heterocycles. The number of nitrogens with zero attached hydrogens (tertiary/aromatic N) is 3. The molecule has 16 heavy (non-hydrogen) atoms. The Morgan fingerprint density at radius 3 is 3.00 bits per heavy atom. The maximum atomic E-state index is 6.04. The van der Waals surface area contributed by atoms with E-state index in [0.717, 1.165) is 17.0 Å². The van der Waals surface area contributed by atoms with Crippen molar-refractivity contribution in [2.75, 3.05) is 0 Å². The average molecular weight is 236 g/mol. The van der Waals surface area contributed by atoms with Gasteiger partial charge in [-0.05, 0) is 31.2 Å². The maximum absolute atomic E-state index is 6.04. The third-order valence-corrected chi connectivity index (χ3v) is 3.82. The lowest BCUT2D eigenvalue weighted by atomic mass is 10.1. The first-order valence-corrected chi connectivity index (χ1v) is 6.10. The van der Waals surface area contributed by atoms with E-state index in [1.54, 1.807) is 6.33 Å². The molecule has 2 aromatic heterocycles. The van der Waals surface area contributed by atoms with Crippen LogP contribution >= 0.6 is 11.6 Å². The van der Waals surface area contributed by atoms with Gasteiger partial charge >= 0.3 is 0 Å². The minimum Gasteiger partial charge on any atom is -0.329 e. The van der Waals surface area contributed by atoms with Crippen LogP contribution in [0.1, 0.15) is 32.2 Å². The Morgan fingerprint density at radius 1 is 1.38 bits per heavy atom. The second-order valence-electron chi connectivity index (χ2n) is 4.70. The van der Waals surface area contributed by atoms with E-state index >= 15 is 0 Å². The SMILES string of the molecule is C[C@@H]1CC[C@H](n2ccc3c(Cl)ncnc32)C1. The van der Waals surface area contributed by atoms with Crippen molar-refractivity contribution >= 4 is 22.6 Å². The molecular formula is C12H14ClN3. The lowest BCUT2D eigenvalue weighted by Gasteiger charge is -2.12. The Bertz CT molecular complexity index is 520. The third kappa shape index (κ3) is 1.50. The van der Waals surface area contributed by atoms with E-state index in [9.17, 15) is 0 Å².